The van der Waals surface area contributed by atoms with Gasteiger partial charge in [-0.25, -0.2) is 9.48 Å². The van der Waals surface area contributed by atoms with Crippen LogP contribution in [0.25, 0.3) is 11.0 Å². The van der Waals surface area contributed by atoms with Crippen molar-refractivity contribution in [3.63, 3.8) is 0 Å². The molecule has 1 amide bonds. The van der Waals surface area contributed by atoms with Gasteiger partial charge in [-0.05, 0) is 59.1 Å². The maximum Gasteiger partial charge on any atom is 0.413 e. The van der Waals surface area contributed by atoms with Crippen LogP contribution in [0.1, 0.15) is 66.5 Å². The van der Waals surface area contributed by atoms with Gasteiger partial charge in [0.1, 0.15) is 16.7 Å². The first kappa shape index (κ1) is 32.8. The van der Waals surface area contributed by atoms with Crippen LogP contribution in [0.2, 0.25) is 5.28 Å². The summed E-state index contributed by atoms with van der Waals surface area (Å²) in [5, 5.41) is 25.3. The van der Waals surface area contributed by atoms with Crippen LogP contribution in [0.4, 0.5) is 10.6 Å². The Morgan fingerprint density at radius 1 is 1.23 bits per heavy atom. The van der Waals surface area contributed by atoms with E-state index in [4.69, 9.17) is 34.9 Å². The van der Waals surface area contributed by atoms with Crippen molar-refractivity contribution in [2.24, 2.45) is 0 Å². The minimum Gasteiger partial charge on any atom is -0.465 e. The van der Waals surface area contributed by atoms with Gasteiger partial charge >= 0.3 is 13.7 Å². The summed E-state index contributed by atoms with van der Waals surface area (Å²) in [5.41, 5.74) is 0.294. The van der Waals surface area contributed by atoms with Crippen LogP contribution in [0.3, 0.4) is 0 Å². The lowest BCUT2D eigenvalue weighted by Crippen LogP contribution is -2.38. The van der Waals surface area contributed by atoms with E-state index >= 15 is 0 Å². The van der Waals surface area contributed by atoms with Crippen molar-refractivity contribution in [1.29, 1.82) is 0 Å². The molecule has 14 nitrogen and oxygen atoms in total. The van der Waals surface area contributed by atoms with Gasteiger partial charge in [-0.1, -0.05) is 12.8 Å². The van der Waals surface area contributed by atoms with Gasteiger partial charge in [-0.2, -0.15) is 15.1 Å². The number of hydrogen-bond donors (Lipinski definition) is 2. The Morgan fingerprint density at radius 3 is 2.49 bits per heavy atom. The van der Waals surface area contributed by atoms with Gasteiger partial charge in [0.25, 0.3) is 0 Å². The number of hydrogen-bond acceptors (Lipinski definition) is 12. The Hall–Kier alpha value is -1.55. The Morgan fingerprint density at radius 2 is 1.88 bits per heavy atom. The lowest BCUT2D eigenvalue weighted by Gasteiger charge is -2.34. The summed E-state index contributed by atoms with van der Waals surface area (Å²) < 4.78 is 44.0. The summed E-state index contributed by atoms with van der Waals surface area (Å²) in [7, 11) is -3.70. The lowest BCUT2D eigenvalue weighted by atomic mass is 10.1. The molecule has 4 heterocycles. The molecule has 2 aromatic rings. The van der Waals surface area contributed by atoms with E-state index in [1.54, 1.807) is 34.6 Å². The summed E-state index contributed by atoms with van der Waals surface area (Å²) in [6.45, 7) is 8.53. The SMILES string of the molecule is CCOP(=O)(OCC)C(C)(CO)SC[C@H]1O[C@@H](n2ncc3c(N(C(=O)O)C4CCCC4)nc(Cl)nc32)[C@@H]2OC(C)(C)O[C@@H]21. The van der Waals surface area contributed by atoms with Gasteiger partial charge < -0.3 is 33.5 Å². The fraction of sp³-hybridized carbons (Fsp3) is 0.769. The van der Waals surface area contributed by atoms with Gasteiger partial charge in [-0.3, -0.25) is 9.46 Å². The van der Waals surface area contributed by atoms with E-state index in [2.05, 4.69) is 15.1 Å². The Bertz CT molecular complexity index is 1370. The second-order valence-corrected chi connectivity index (χ2v) is 16.0. The van der Waals surface area contributed by atoms with Gasteiger partial charge in [-0.15, -0.1) is 11.8 Å². The van der Waals surface area contributed by atoms with Crippen LogP contribution in [0, 0.1) is 0 Å². The first-order chi connectivity index (χ1) is 20.4. The van der Waals surface area contributed by atoms with Crippen molar-refractivity contribution in [3.05, 3.63) is 11.5 Å². The first-order valence-electron chi connectivity index (χ1n) is 14.4. The first-order valence-corrected chi connectivity index (χ1v) is 17.4. The minimum atomic E-state index is -3.70. The molecule has 0 aromatic carbocycles. The third kappa shape index (κ3) is 6.17. The second kappa shape index (κ2) is 12.7. The van der Waals surface area contributed by atoms with E-state index in [9.17, 15) is 19.6 Å². The fourth-order valence-electron chi connectivity index (χ4n) is 5.95. The number of nitrogens with zero attached hydrogens (tertiary/aromatic N) is 5. The number of fused-ring (bicyclic) bond motifs is 2. The molecule has 2 saturated heterocycles. The Labute approximate surface area is 259 Å². The van der Waals surface area contributed by atoms with Gasteiger partial charge in [0, 0.05) is 11.8 Å². The second-order valence-electron chi connectivity index (χ2n) is 11.3. The standard InChI is InChI=1S/C26H39ClN5O9PS/c1-6-37-42(36,38-7-2)26(5,14-33)43-13-17-18-19(41-25(3,4)40-18)22(39-17)32-21-16(12-28-32)20(29-23(27)30-21)31(24(34)35)15-10-8-9-11-15/h12,15,17-19,22,33H,6-11,13-14H2,1-5H3,(H,34,35)/t17-,18-,19-,22-,26?/m1/s1. The van der Waals surface area contributed by atoms with E-state index in [1.807, 2.05) is 0 Å². The number of aliphatic hydroxyl groups excluding tert-OH is 1. The zero-order valence-corrected chi connectivity index (χ0v) is 27.3. The summed E-state index contributed by atoms with van der Waals surface area (Å²) in [4.78, 5) is 22.3. The zero-order valence-electron chi connectivity index (χ0n) is 24.8. The molecule has 2 aromatic heterocycles. The molecule has 2 N–H and O–H groups in total. The molecular weight excluding hydrogens is 625 g/mol. The molecular formula is C26H39ClN5O9PS. The summed E-state index contributed by atoms with van der Waals surface area (Å²) >= 11 is 7.57. The van der Waals surface area contributed by atoms with Gasteiger partial charge in [0.15, 0.2) is 23.5 Å². The summed E-state index contributed by atoms with van der Waals surface area (Å²) in [5.74, 6) is -0.504. The average Bonchev–Trinajstić information content (AvgIpc) is 3.72. The lowest BCUT2D eigenvalue weighted by molar-refractivity contribution is -0.195. The number of aliphatic hydroxyl groups is 1. The van der Waals surface area contributed by atoms with Crippen LogP contribution in [-0.4, -0.2) is 96.3 Å². The van der Waals surface area contributed by atoms with Crippen molar-refractivity contribution < 1.29 is 42.8 Å². The number of halogens is 1. The summed E-state index contributed by atoms with van der Waals surface area (Å²) in [6.07, 6.45) is 1.16. The molecule has 17 heteroatoms. The van der Waals surface area contributed by atoms with E-state index in [0.717, 1.165) is 25.7 Å². The molecule has 3 fully saturated rings. The Kier molecular flexibility index (Phi) is 9.68. The topological polar surface area (TPSA) is 168 Å². The minimum absolute atomic E-state index is 0.125. The largest absolute Gasteiger partial charge is 0.465 e. The van der Waals surface area contributed by atoms with Crippen molar-refractivity contribution in [1.82, 2.24) is 19.7 Å². The predicted octanol–water partition coefficient (Wildman–Crippen LogP) is 5.03. The fourth-order valence-corrected chi connectivity index (χ4v) is 9.64. The van der Waals surface area contributed by atoms with Gasteiger partial charge in [0.2, 0.25) is 5.28 Å². The third-order valence-corrected chi connectivity index (χ3v) is 12.9. The highest BCUT2D eigenvalue weighted by atomic mass is 35.5. The molecule has 0 radical (unpaired) electrons. The van der Waals surface area contributed by atoms with E-state index in [0.29, 0.717) is 11.0 Å². The maximum atomic E-state index is 13.7. The molecule has 43 heavy (non-hydrogen) atoms. The summed E-state index contributed by atoms with van der Waals surface area (Å²) in [6, 6.07) is -0.221. The van der Waals surface area contributed by atoms with E-state index in [-0.39, 0.29) is 36.1 Å². The van der Waals surface area contributed by atoms with E-state index < -0.39 is 55.1 Å². The van der Waals surface area contributed by atoms with Crippen LogP contribution in [0.15, 0.2) is 6.20 Å². The number of aromatic nitrogens is 4. The Balaban J connectivity index is 1.47. The number of amides is 1. The van der Waals surface area contributed by atoms with Crippen molar-refractivity contribution >= 4 is 53.9 Å². The molecule has 1 unspecified atom stereocenters. The molecule has 0 bridgehead atoms. The maximum absolute atomic E-state index is 13.7. The highest BCUT2D eigenvalue weighted by Gasteiger charge is 2.57. The molecule has 1 saturated carbocycles. The van der Waals surface area contributed by atoms with Crippen molar-refractivity contribution in [3.8, 4) is 0 Å². The normalized spacial score (nSPS) is 27.0. The molecule has 0 spiro atoms. The quantitative estimate of drug-likeness (QED) is 0.229. The average molecular weight is 664 g/mol. The van der Waals surface area contributed by atoms with Crippen LogP contribution in [-0.2, 0) is 27.8 Å². The zero-order chi connectivity index (χ0) is 31.2. The monoisotopic (exact) mass is 663 g/mol. The van der Waals surface area contributed by atoms with E-state index in [1.165, 1.54) is 27.5 Å². The number of anilines is 1. The van der Waals surface area contributed by atoms with Gasteiger partial charge in [0.05, 0.1) is 37.5 Å². The van der Waals surface area contributed by atoms with Crippen molar-refractivity contribution in [2.75, 3.05) is 30.5 Å². The smallest absolute Gasteiger partial charge is 0.413 e. The molecule has 2 aliphatic heterocycles. The number of carbonyl (C=O) groups is 1. The molecule has 5 atom stereocenters. The van der Waals surface area contributed by atoms with Crippen LogP contribution in [0.5, 0.6) is 0 Å². The van der Waals surface area contributed by atoms with Crippen LogP contribution < -0.4 is 4.90 Å². The third-order valence-electron chi connectivity index (χ3n) is 7.93. The molecule has 240 valence electrons. The highest BCUT2D eigenvalue weighted by molar-refractivity contribution is 8.06. The molecule has 1 aliphatic carbocycles. The van der Waals surface area contributed by atoms with Crippen LogP contribution >= 0.6 is 31.0 Å². The highest BCUT2D eigenvalue weighted by Crippen LogP contribution is 2.64. The number of rotatable bonds is 12. The molecule has 3 aliphatic rings. The number of ether oxygens (including phenoxy) is 3. The predicted molar refractivity (Wildman–Crippen MR) is 160 cm³/mol. The molecule has 5 rings (SSSR count). The number of carboxylic acid groups (broad SMARTS) is 1. The number of thioether (sulfide) groups is 1. The van der Waals surface area contributed by atoms with Crippen molar-refractivity contribution in [2.45, 2.75) is 101 Å².